The van der Waals surface area contributed by atoms with Gasteiger partial charge in [-0.1, -0.05) is 15.9 Å². The number of amides is 1. The summed E-state index contributed by atoms with van der Waals surface area (Å²) in [5, 5.41) is 11.5. The Balaban J connectivity index is 2.26. The number of anilines is 1. The Hall–Kier alpha value is -2.08. The number of carbonyl (C=O) groups excluding carboxylic acids is 1. The van der Waals surface area contributed by atoms with Crippen LogP contribution >= 0.6 is 15.9 Å². The van der Waals surface area contributed by atoms with Crippen LogP contribution in [0, 0.1) is 6.92 Å². The van der Waals surface area contributed by atoms with Crippen LogP contribution in [0.25, 0.3) is 0 Å². The molecule has 0 unspecified atom stereocenters. The van der Waals surface area contributed by atoms with Crippen molar-refractivity contribution < 1.29 is 19.1 Å². The molecule has 1 aromatic carbocycles. The highest BCUT2D eigenvalue weighted by molar-refractivity contribution is 9.10. The van der Waals surface area contributed by atoms with Crippen LogP contribution in [0.1, 0.15) is 26.5 Å². The quantitative estimate of drug-likeness (QED) is 0.908. The minimum absolute atomic E-state index is 0.0841. The first-order chi connectivity index (χ1) is 8.97. The molecule has 19 heavy (non-hydrogen) atoms. The summed E-state index contributed by atoms with van der Waals surface area (Å²) in [5.41, 5.74) is 1.18. The van der Waals surface area contributed by atoms with Crippen LogP contribution < -0.4 is 5.32 Å². The van der Waals surface area contributed by atoms with Crippen molar-refractivity contribution in [3.05, 3.63) is 51.9 Å². The predicted molar refractivity (Wildman–Crippen MR) is 72.5 cm³/mol. The molecule has 1 amide bonds. The largest absolute Gasteiger partial charge is 0.478 e. The zero-order valence-corrected chi connectivity index (χ0v) is 11.5. The van der Waals surface area contributed by atoms with Crippen LogP contribution in [0.3, 0.4) is 0 Å². The van der Waals surface area contributed by atoms with Gasteiger partial charge in [0.05, 0.1) is 11.8 Å². The van der Waals surface area contributed by atoms with E-state index in [1.165, 1.54) is 18.4 Å². The Labute approximate surface area is 117 Å². The van der Waals surface area contributed by atoms with E-state index in [0.717, 1.165) is 0 Å². The van der Waals surface area contributed by atoms with Crippen molar-refractivity contribution in [3.63, 3.8) is 0 Å². The first-order valence-electron chi connectivity index (χ1n) is 5.36. The Bertz CT molecular complexity index is 648. The van der Waals surface area contributed by atoms with E-state index in [9.17, 15) is 9.59 Å². The lowest BCUT2D eigenvalue weighted by atomic mass is 10.2. The normalized spacial score (nSPS) is 10.2. The molecule has 0 bridgehead atoms. The zero-order chi connectivity index (χ0) is 14.0. The summed E-state index contributed by atoms with van der Waals surface area (Å²) in [6.45, 7) is 1.75. The summed E-state index contributed by atoms with van der Waals surface area (Å²) in [6, 6.07) is 6.13. The summed E-state index contributed by atoms with van der Waals surface area (Å²) < 4.78 is 5.63. The van der Waals surface area contributed by atoms with Crippen molar-refractivity contribution in [1.82, 2.24) is 0 Å². The molecule has 0 atom stereocenters. The number of carboxylic acids is 1. The first kappa shape index (κ1) is 13.4. The number of rotatable bonds is 3. The van der Waals surface area contributed by atoms with Crippen molar-refractivity contribution in [2.45, 2.75) is 6.92 Å². The molecule has 0 radical (unpaired) electrons. The van der Waals surface area contributed by atoms with E-state index < -0.39 is 11.9 Å². The lowest BCUT2D eigenvalue weighted by Gasteiger charge is -2.06. The smallest absolute Gasteiger partial charge is 0.335 e. The van der Waals surface area contributed by atoms with E-state index >= 15 is 0 Å². The van der Waals surface area contributed by atoms with E-state index in [-0.39, 0.29) is 11.3 Å². The molecular formula is C13H10BrNO4. The van der Waals surface area contributed by atoms with E-state index in [2.05, 4.69) is 21.2 Å². The maximum atomic E-state index is 11.9. The number of aromatic carboxylic acids is 1. The Kier molecular flexibility index (Phi) is 3.71. The highest BCUT2D eigenvalue weighted by Gasteiger charge is 2.14. The van der Waals surface area contributed by atoms with Crippen molar-refractivity contribution in [2.75, 3.05) is 5.32 Å². The van der Waals surface area contributed by atoms with E-state index in [1.54, 1.807) is 19.1 Å². The Morgan fingerprint density at radius 1 is 1.32 bits per heavy atom. The summed E-state index contributed by atoms with van der Waals surface area (Å²) in [7, 11) is 0. The highest BCUT2D eigenvalue weighted by Crippen LogP contribution is 2.21. The third-order valence-corrected chi connectivity index (χ3v) is 2.93. The summed E-state index contributed by atoms with van der Waals surface area (Å²) in [6.07, 6.45) is 1.42. The molecule has 0 aliphatic carbocycles. The molecule has 0 saturated heterocycles. The van der Waals surface area contributed by atoms with E-state index in [1.807, 2.05) is 0 Å². The average Bonchev–Trinajstić information content (AvgIpc) is 2.74. The minimum Gasteiger partial charge on any atom is -0.478 e. The molecule has 1 heterocycles. The minimum atomic E-state index is -1.06. The SMILES string of the molecule is Cc1ccoc1C(=O)Nc1cc(Br)cc(C(=O)O)c1. The molecule has 0 spiro atoms. The third kappa shape index (κ3) is 3.03. The predicted octanol–water partition coefficient (Wildman–Crippen LogP) is 3.30. The number of nitrogens with one attached hydrogen (secondary N) is 1. The van der Waals surface area contributed by atoms with Gasteiger partial charge in [0.15, 0.2) is 5.76 Å². The standard InChI is InChI=1S/C13H10BrNO4/c1-7-2-3-19-11(7)12(16)15-10-5-8(13(17)18)4-9(14)6-10/h2-6H,1H3,(H,15,16)(H,17,18). The van der Waals surface area contributed by atoms with Crippen molar-refractivity contribution >= 4 is 33.5 Å². The number of halogens is 1. The van der Waals surface area contributed by atoms with E-state index in [0.29, 0.717) is 15.7 Å². The Morgan fingerprint density at radius 2 is 2.05 bits per heavy atom. The first-order valence-corrected chi connectivity index (χ1v) is 6.16. The zero-order valence-electron chi connectivity index (χ0n) is 9.94. The van der Waals surface area contributed by atoms with Crippen molar-refractivity contribution in [3.8, 4) is 0 Å². The fourth-order valence-electron chi connectivity index (χ4n) is 1.58. The average molecular weight is 324 g/mol. The molecule has 2 N–H and O–H groups in total. The fourth-order valence-corrected chi connectivity index (χ4v) is 2.07. The van der Waals surface area contributed by atoms with Gasteiger partial charge in [0.25, 0.3) is 5.91 Å². The topological polar surface area (TPSA) is 79.5 Å². The number of furan rings is 1. The second-order valence-corrected chi connectivity index (χ2v) is 4.84. The highest BCUT2D eigenvalue weighted by atomic mass is 79.9. The van der Waals surface area contributed by atoms with Gasteiger partial charge in [-0.3, -0.25) is 4.79 Å². The Morgan fingerprint density at radius 3 is 2.63 bits per heavy atom. The number of carbonyl (C=O) groups is 2. The van der Waals surface area contributed by atoms with Crippen molar-refractivity contribution in [1.29, 1.82) is 0 Å². The fraction of sp³-hybridized carbons (Fsp3) is 0.0769. The maximum Gasteiger partial charge on any atom is 0.335 e. The van der Waals surface area contributed by atoms with Crippen LogP contribution in [0.4, 0.5) is 5.69 Å². The number of aryl methyl sites for hydroxylation is 1. The van der Waals surface area contributed by atoms with Crippen LogP contribution in [0.5, 0.6) is 0 Å². The molecule has 0 saturated carbocycles. The van der Waals surface area contributed by atoms with Crippen molar-refractivity contribution in [2.24, 2.45) is 0 Å². The van der Waals surface area contributed by atoms with Gasteiger partial charge in [-0.05, 0) is 31.2 Å². The molecule has 2 aromatic rings. The van der Waals surface area contributed by atoms with Gasteiger partial charge in [-0.15, -0.1) is 0 Å². The molecule has 2 rings (SSSR count). The molecular weight excluding hydrogens is 314 g/mol. The summed E-state index contributed by atoms with van der Waals surface area (Å²) >= 11 is 3.20. The molecule has 0 aliphatic rings. The van der Waals surface area contributed by atoms with Gasteiger partial charge in [0.1, 0.15) is 0 Å². The number of benzene rings is 1. The molecule has 0 aliphatic heterocycles. The lowest BCUT2D eigenvalue weighted by molar-refractivity contribution is 0.0696. The van der Waals surface area contributed by atoms with Gasteiger partial charge in [-0.25, -0.2) is 4.79 Å². The van der Waals surface area contributed by atoms with Gasteiger partial charge >= 0.3 is 5.97 Å². The molecule has 1 aromatic heterocycles. The van der Waals surface area contributed by atoms with Gasteiger partial charge < -0.3 is 14.8 Å². The summed E-state index contributed by atoms with van der Waals surface area (Å²) in [5.74, 6) is -1.28. The summed E-state index contributed by atoms with van der Waals surface area (Å²) in [4.78, 5) is 22.8. The second-order valence-electron chi connectivity index (χ2n) is 3.92. The molecule has 5 nitrogen and oxygen atoms in total. The van der Waals surface area contributed by atoms with Crippen LogP contribution in [0.2, 0.25) is 0 Å². The molecule has 98 valence electrons. The van der Waals surface area contributed by atoms with Crippen LogP contribution in [0.15, 0.2) is 39.4 Å². The monoisotopic (exact) mass is 323 g/mol. The molecule has 6 heteroatoms. The van der Waals surface area contributed by atoms with Crippen LogP contribution in [-0.4, -0.2) is 17.0 Å². The number of hydrogen-bond donors (Lipinski definition) is 2. The maximum absolute atomic E-state index is 11.9. The molecule has 0 fully saturated rings. The van der Waals surface area contributed by atoms with Gasteiger partial charge in [0.2, 0.25) is 0 Å². The number of carboxylic acid groups (broad SMARTS) is 1. The van der Waals surface area contributed by atoms with Crippen LogP contribution in [-0.2, 0) is 0 Å². The second kappa shape index (κ2) is 5.27. The van der Waals surface area contributed by atoms with Gasteiger partial charge in [-0.2, -0.15) is 0 Å². The lowest BCUT2D eigenvalue weighted by Crippen LogP contribution is -2.12. The van der Waals surface area contributed by atoms with E-state index in [4.69, 9.17) is 9.52 Å². The third-order valence-electron chi connectivity index (χ3n) is 2.47. The number of hydrogen-bond acceptors (Lipinski definition) is 3. The van der Waals surface area contributed by atoms with Gasteiger partial charge in [0, 0.05) is 15.7 Å².